The Morgan fingerprint density at radius 2 is 1.89 bits per heavy atom. The molecule has 1 aromatic heterocycles. The maximum Gasteiger partial charge on any atom is 0.413 e. The number of hydrogen-bond acceptors (Lipinski definition) is 5. The van der Waals surface area contributed by atoms with Crippen LogP contribution in [-0.4, -0.2) is 29.0 Å². The summed E-state index contributed by atoms with van der Waals surface area (Å²) in [6, 6.07) is 15.4. The lowest BCUT2D eigenvalue weighted by Crippen LogP contribution is -2.18. The van der Waals surface area contributed by atoms with Gasteiger partial charge in [0.25, 0.3) is 0 Å². The van der Waals surface area contributed by atoms with E-state index >= 15 is 0 Å². The molecule has 192 valence electrons. The number of nitrogens with zero attached hydrogens (tertiary/aromatic N) is 2. The molecule has 1 amide bonds. The second kappa shape index (κ2) is 11.9. The van der Waals surface area contributed by atoms with Crippen LogP contribution in [0.4, 0.5) is 10.6 Å². The van der Waals surface area contributed by atoms with Gasteiger partial charge in [-0.05, 0) is 48.4 Å². The summed E-state index contributed by atoms with van der Waals surface area (Å²) >= 11 is 6.23. The van der Waals surface area contributed by atoms with Gasteiger partial charge in [-0.2, -0.15) is 5.10 Å². The predicted molar refractivity (Wildman–Crippen MR) is 145 cm³/mol. The lowest BCUT2D eigenvalue weighted by Gasteiger charge is -2.17. The summed E-state index contributed by atoms with van der Waals surface area (Å²) in [5.41, 5.74) is 4.68. The first-order valence-electron chi connectivity index (χ1n) is 12.2. The number of rotatable bonds is 8. The fourth-order valence-corrected chi connectivity index (χ4v) is 4.58. The number of carbonyl (C=O) groups is 2. The standard InChI is InChI=1S/C29H30ClN3O4/c1-19(24-6-4-5-7-26(24)30)37-29(35)32-28-25(18-31-33(28)2)23-15-13-22(14-16-23)21-11-8-20(9-12-21)10-17-27(34)36-3/h4-8,11-16,18-20H,9-10,17H2,1-3H3,(H,32,35)/t19-,20?/m1/s1. The van der Waals surface area contributed by atoms with Crippen molar-refractivity contribution in [3.63, 3.8) is 0 Å². The normalized spacial score (nSPS) is 15.6. The van der Waals surface area contributed by atoms with Crippen LogP contribution in [0.3, 0.4) is 0 Å². The number of halogens is 1. The molecular weight excluding hydrogens is 490 g/mol. The fraction of sp³-hybridized carbons (Fsp3) is 0.276. The van der Waals surface area contributed by atoms with E-state index < -0.39 is 12.2 Å². The Balaban J connectivity index is 1.41. The van der Waals surface area contributed by atoms with E-state index in [0.717, 1.165) is 40.7 Å². The molecule has 0 bridgehead atoms. The number of hydrogen-bond donors (Lipinski definition) is 1. The minimum absolute atomic E-state index is 0.175. The number of aryl methyl sites for hydroxylation is 1. The number of methoxy groups -OCH3 is 1. The van der Waals surface area contributed by atoms with Crippen molar-refractivity contribution in [1.82, 2.24) is 9.78 Å². The van der Waals surface area contributed by atoms with Gasteiger partial charge in [-0.1, -0.05) is 72.3 Å². The Bertz CT molecular complexity index is 1330. The van der Waals surface area contributed by atoms with Crippen molar-refractivity contribution in [2.75, 3.05) is 12.4 Å². The Labute approximate surface area is 221 Å². The van der Waals surface area contributed by atoms with Gasteiger partial charge in [-0.3, -0.25) is 14.8 Å². The zero-order valence-corrected chi connectivity index (χ0v) is 21.9. The van der Waals surface area contributed by atoms with Gasteiger partial charge in [0.2, 0.25) is 0 Å². The summed E-state index contributed by atoms with van der Waals surface area (Å²) < 4.78 is 11.9. The smallest absolute Gasteiger partial charge is 0.413 e. The molecular formula is C29H30ClN3O4. The van der Waals surface area contributed by atoms with Crippen LogP contribution in [0.5, 0.6) is 0 Å². The van der Waals surface area contributed by atoms with E-state index in [1.807, 2.05) is 30.3 Å². The fourth-order valence-electron chi connectivity index (χ4n) is 4.29. The molecule has 1 aliphatic rings. The van der Waals surface area contributed by atoms with Crippen molar-refractivity contribution >= 4 is 35.1 Å². The maximum absolute atomic E-state index is 12.7. The van der Waals surface area contributed by atoms with E-state index in [4.69, 9.17) is 21.1 Å². The number of anilines is 1. The van der Waals surface area contributed by atoms with Gasteiger partial charge in [-0.15, -0.1) is 0 Å². The van der Waals surface area contributed by atoms with E-state index in [0.29, 0.717) is 23.2 Å². The summed E-state index contributed by atoms with van der Waals surface area (Å²) in [6.07, 6.45) is 9.17. The molecule has 0 saturated carbocycles. The number of aromatic nitrogens is 2. The number of benzene rings is 2. The van der Waals surface area contributed by atoms with Crippen LogP contribution in [0.2, 0.25) is 5.02 Å². The largest absolute Gasteiger partial charge is 0.469 e. The second-order valence-electron chi connectivity index (χ2n) is 8.93. The number of nitrogens with one attached hydrogen (secondary N) is 1. The van der Waals surface area contributed by atoms with Crippen LogP contribution < -0.4 is 5.32 Å². The van der Waals surface area contributed by atoms with Crippen LogP contribution >= 0.6 is 11.6 Å². The molecule has 1 N–H and O–H groups in total. The Morgan fingerprint density at radius 3 is 2.57 bits per heavy atom. The summed E-state index contributed by atoms with van der Waals surface area (Å²) in [4.78, 5) is 24.1. The van der Waals surface area contributed by atoms with Crippen molar-refractivity contribution < 1.29 is 19.1 Å². The van der Waals surface area contributed by atoms with E-state index in [1.54, 1.807) is 30.9 Å². The third-order valence-corrected chi connectivity index (χ3v) is 6.80. The predicted octanol–water partition coefficient (Wildman–Crippen LogP) is 6.96. The van der Waals surface area contributed by atoms with Crippen LogP contribution in [0.1, 0.15) is 43.4 Å². The van der Waals surface area contributed by atoms with Gasteiger partial charge in [0.05, 0.1) is 13.3 Å². The molecule has 4 rings (SSSR count). The molecule has 0 aliphatic heterocycles. The minimum atomic E-state index is -0.590. The van der Waals surface area contributed by atoms with E-state index in [9.17, 15) is 9.59 Å². The molecule has 0 radical (unpaired) electrons. The first-order chi connectivity index (χ1) is 17.9. The van der Waals surface area contributed by atoms with Gasteiger partial charge < -0.3 is 9.47 Å². The summed E-state index contributed by atoms with van der Waals surface area (Å²) in [5.74, 6) is 0.701. The highest BCUT2D eigenvalue weighted by atomic mass is 35.5. The highest BCUT2D eigenvalue weighted by Gasteiger charge is 2.19. The van der Waals surface area contributed by atoms with Crippen LogP contribution in [0.15, 0.2) is 73.0 Å². The van der Waals surface area contributed by atoms with Gasteiger partial charge in [0.15, 0.2) is 0 Å². The van der Waals surface area contributed by atoms with Gasteiger partial charge in [0.1, 0.15) is 11.9 Å². The molecule has 8 heteroatoms. The Kier molecular flexibility index (Phi) is 8.46. The molecule has 1 heterocycles. The van der Waals surface area contributed by atoms with Crippen LogP contribution in [-0.2, 0) is 21.3 Å². The first kappa shape index (κ1) is 26.2. The molecule has 2 aromatic carbocycles. The molecule has 0 spiro atoms. The topological polar surface area (TPSA) is 82.5 Å². The molecule has 0 fully saturated rings. The zero-order valence-electron chi connectivity index (χ0n) is 21.1. The molecule has 0 saturated heterocycles. The number of allylic oxidation sites excluding steroid dienone is 4. The molecule has 2 atom stereocenters. The number of carbonyl (C=O) groups excluding carboxylic acids is 2. The van der Waals surface area contributed by atoms with Crippen molar-refractivity contribution in [3.8, 4) is 11.1 Å². The number of esters is 1. The molecule has 7 nitrogen and oxygen atoms in total. The van der Waals surface area contributed by atoms with Crippen molar-refractivity contribution in [2.45, 2.75) is 32.3 Å². The average molecular weight is 520 g/mol. The number of ether oxygens (including phenoxy) is 2. The average Bonchev–Trinajstić information content (AvgIpc) is 3.27. The highest BCUT2D eigenvalue weighted by molar-refractivity contribution is 6.31. The first-order valence-corrected chi connectivity index (χ1v) is 12.5. The quantitative estimate of drug-likeness (QED) is 0.325. The SMILES string of the molecule is COC(=O)CCC1C=CC(c2ccc(-c3cnn(C)c3NC(=O)O[C@H](C)c3ccccc3Cl)cc2)=CC1. The molecule has 1 aliphatic carbocycles. The zero-order chi connectivity index (χ0) is 26.4. The Hall–Kier alpha value is -3.84. The van der Waals surface area contributed by atoms with Gasteiger partial charge >= 0.3 is 12.1 Å². The molecule has 1 unspecified atom stereocenters. The maximum atomic E-state index is 12.7. The minimum Gasteiger partial charge on any atom is -0.469 e. The van der Waals surface area contributed by atoms with Crippen LogP contribution in [0, 0.1) is 5.92 Å². The second-order valence-corrected chi connectivity index (χ2v) is 9.34. The highest BCUT2D eigenvalue weighted by Crippen LogP contribution is 2.32. The third-order valence-electron chi connectivity index (χ3n) is 6.45. The van der Waals surface area contributed by atoms with Crippen molar-refractivity contribution in [2.24, 2.45) is 13.0 Å². The lowest BCUT2D eigenvalue weighted by atomic mass is 9.90. The van der Waals surface area contributed by atoms with Gasteiger partial charge in [-0.25, -0.2) is 4.79 Å². The lowest BCUT2D eigenvalue weighted by molar-refractivity contribution is -0.140. The summed E-state index contributed by atoms with van der Waals surface area (Å²) in [7, 11) is 3.18. The van der Waals surface area contributed by atoms with Gasteiger partial charge in [0, 0.05) is 29.6 Å². The molecule has 37 heavy (non-hydrogen) atoms. The summed E-state index contributed by atoms with van der Waals surface area (Å²) in [6.45, 7) is 1.78. The Morgan fingerprint density at radius 1 is 1.16 bits per heavy atom. The monoisotopic (exact) mass is 519 g/mol. The van der Waals surface area contributed by atoms with E-state index in [2.05, 4.69) is 40.8 Å². The number of amides is 1. The third kappa shape index (κ3) is 6.49. The van der Waals surface area contributed by atoms with Crippen molar-refractivity contribution in [1.29, 1.82) is 0 Å². The van der Waals surface area contributed by atoms with Crippen LogP contribution in [0.25, 0.3) is 16.7 Å². The molecule has 3 aromatic rings. The summed E-state index contributed by atoms with van der Waals surface area (Å²) in [5, 5.41) is 7.69. The van der Waals surface area contributed by atoms with E-state index in [-0.39, 0.29) is 5.97 Å². The van der Waals surface area contributed by atoms with Crippen molar-refractivity contribution in [3.05, 3.63) is 89.1 Å². The van der Waals surface area contributed by atoms with E-state index in [1.165, 1.54) is 7.11 Å².